The number of rotatable bonds is 4. The molecule has 1 atom stereocenters. The van der Waals surface area contributed by atoms with Crippen LogP contribution in [0.1, 0.15) is 12.7 Å². The summed E-state index contributed by atoms with van der Waals surface area (Å²) in [5.74, 6) is 0.963. The van der Waals surface area contributed by atoms with Gasteiger partial charge >= 0.3 is 0 Å². The summed E-state index contributed by atoms with van der Waals surface area (Å²) in [6.45, 7) is 2.08. The number of hydrogen-bond donors (Lipinski definition) is 1. The molecule has 4 heteroatoms. The molecule has 0 aromatic carbocycles. The molecule has 2 heterocycles. The van der Waals surface area contributed by atoms with E-state index in [0.717, 1.165) is 17.9 Å². The lowest BCUT2D eigenvalue weighted by Gasteiger charge is -2.14. The number of halogens is 1. The van der Waals surface area contributed by atoms with E-state index in [1.54, 1.807) is 18.7 Å². The van der Waals surface area contributed by atoms with Crippen molar-refractivity contribution in [1.29, 1.82) is 0 Å². The summed E-state index contributed by atoms with van der Waals surface area (Å²) < 4.78 is 5.29. The van der Waals surface area contributed by atoms with Gasteiger partial charge in [0.2, 0.25) is 0 Å². The molecule has 16 heavy (non-hydrogen) atoms. The van der Waals surface area contributed by atoms with Crippen LogP contribution in [0.4, 0.5) is 5.69 Å². The summed E-state index contributed by atoms with van der Waals surface area (Å²) in [7, 11) is 0. The zero-order valence-electron chi connectivity index (χ0n) is 8.98. The normalized spacial score (nSPS) is 12.4. The van der Waals surface area contributed by atoms with E-state index in [-0.39, 0.29) is 6.04 Å². The molecule has 0 amide bonds. The van der Waals surface area contributed by atoms with Crippen molar-refractivity contribution < 1.29 is 4.42 Å². The minimum absolute atomic E-state index is 0.256. The third-order valence-corrected chi connectivity index (χ3v) is 2.56. The summed E-state index contributed by atoms with van der Waals surface area (Å²) in [4.78, 5) is 3.94. The molecule has 0 saturated heterocycles. The van der Waals surface area contributed by atoms with Crippen molar-refractivity contribution in [2.45, 2.75) is 19.4 Å². The zero-order valence-corrected chi connectivity index (χ0v) is 9.74. The number of nitrogens with one attached hydrogen (secondary N) is 1. The molecule has 0 aliphatic heterocycles. The van der Waals surface area contributed by atoms with Gasteiger partial charge in [0.05, 0.1) is 17.0 Å². The number of nitrogens with zero attached hydrogens (tertiary/aromatic N) is 1. The maximum atomic E-state index is 6.00. The predicted molar refractivity (Wildman–Crippen MR) is 64.7 cm³/mol. The number of pyridine rings is 1. The molecule has 0 radical (unpaired) electrons. The van der Waals surface area contributed by atoms with Crippen molar-refractivity contribution >= 4 is 17.3 Å². The Morgan fingerprint density at radius 2 is 2.38 bits per heavy atom. The SMILES string of the molecule is CC(Cc1ccco1)Nc1ccncc1Cl. The molecule has 2 rings (SSSR count). The van der Waals surface area contributed by atoms with Crippen LogP contribution in [0.15, 0.2) is 41.3 Å². The standard InChI is InChI=1S/C12H13ClN2O/c1-9(7-10-3-2-6-16-10)15-12-4-5-14-8-11(12)13/h2-6,8-9H,7H2,1H3,(H,14,15). The molecular weight excluding hydrogens is 224 g/mol. The van der Waals surface area contributed by atoms with Gasteiger partial charge in [0.25, 0.3) is 0 Å². The second kappa shape index (κ2) is 5.03. The molecule has 0 saturated carbocycles. The highest BCUT2D eigenvalue weighted by Gasteiger charge is 2.07. The Hall–Kier alpha value is -1.48. The van der Waals surface area contributed by atoms with Gasteiger partial charge in [0.1, 0.15) is 5.76 Å². The van der Waals surface area contributed by atoms with E-state index in [1.165, 1.54) is 0 Å². The first kappa shape index (κ1) is 11.0. The lowest BCUT2D eigenvalue weighted by molar-refractivity contribution is 0.498. The maximum absolute atomic E-state index is 6.00. The van der Waals surface area contributed by atoms with Crippen LogP contribution in [0.2, 0.25) is 5.02 Å². The Labute approximate surface area is 99.5 Å². The summed E-state index contributed by atoms with van der Waals surface area (Å²) in [5, 5.41) is 3.95. The summed E-state index contributed by atoms with van der Waals surface area (Å²) in [5.41, 5.74) is 0.899. The fourth-order valence-electron chi connectivity index (χ4n) is 1.54. The largest absolute Gasteiger partial charge is 0.469 e. The van der Waals surface area contributed by atoms with Crippen LogP contribution < -0.4 is 5.32 Å². The molecule has 0 bridgehead atoms. The van der Waals surface area contributed by atoms with Gasteiger partial charge in [-0.1, -0.05) is 11.6 Å². The van der Waals surface area contributed by atoms with Crippen LogP contribution in [0.3, 0.4) is 0 Å². The fraction of sp³-hybridized carbons (Fsp3) is 0.250. The van der Waals surface area contributed by atoms with Crippen molar-refractivity contribution in [3.8, 4) is 0 Å². The Morgan fingerprint density at radius 1 is 1.50 bits per heavy atom. The number of anilines is 1. The van der Waals surface area contributed by atoms with Crippen molar-refractivity contribution in [2.75, 3.05) is 5.32 Å². The Balaban J connectivity index is 1.97. The molecule has 3 nitrogen and oxygen atoms in total. The van der Waals surface area contributed by atoms with E-state index in [2.05, 4.69) is 17.2 Å². The summed E-state index contributed by atoms with van der Waals surface area (Å²) in [6, 6.07) is 5.97. The van der Waals surface area contributed by atoms with E-state index in [1.807, 2.05) is 18.2 Å². The monoisotopic (exact) mass is 236 g/mol. The second-order valence-electron chi connectivity index (χ2n) is 3.68. The van der Waals surface area contributed by atoms with Crippen molar-refractivity contribution in [3.63, 3.8) is 0 Å². The molecule has 0 fully saturated rings. The summed E-state index contributed by atoms with van der Waals surface area (Å²) >= 11 is 6.00. The van der Waals surface area contributed by atoms with Gasteiger partial charge < -0.3 is 9.73 Å². The van der Waals surface area contributed by atoms with E-state index >= 15 is 0 Å². The van der Waals surface area contributed by atoms with E-state index in [9.17, 15) is 0 Å². The Kier molecular flexibility index (Phi) is 3.47. The quantitative estimate of drug-likeness (QED) is 0.885. The van der Waals surface area contributed by atoms with Crippen LogP contribution in [0.5, 0.6) is 0 Å². The Bertz CT molecular complexity index is 442. The lowest BCUT2D eigenvalue weighted by atomic mass is 10.2. The number of furan rings is 1. The minimum Gasteiger partial charge on any atom is -0.469 e. The van der Waals surface area contributed by atoms with Crippen LogP contribution in [0, 0.1) is 0 Å². The molecular formula is C12H13ClN2O. The van der Waals surface area contributed by atoms with Crippen molar-refractivity contribution in [2.24, 2.45) is 0 Å². The van der Waals surface area contributed by atoms with Crippen LogP contribution >= 0.6 is 11.6 Å². The van der Waals surface area contributed by atoms with E-state index in [4.69, 9.17) is 16.0 Å². The molecule has 84 valence electrons. The van der Waals surface area contributed by atoms with Crippen molar-refractivity contribution in [3.05, 3.63) is 47.6 Å². The van der Waals surface area contributed by atoms with Gasteiger partial charge in [-0.3, -0.25) is 4.98 Å². The first-order valence-electron chi connectivity index (χ1n) is 5.14. The highest BCUT2D eigenvalue weighted by molar-refractivity contribution is 6.33. The average Bonchev–Trinajstić information content (AvgIpc) is 2.74. The van der Waals surface area contributed by atoms with Gasteiger partial charge in [0, 0.05) is 24.9 Å². The molecule has 2 aromatic rings. The smallest absolute Gasteiger partial charge is 0.105 e. The molecule has 1 N–H and O–H groups in total. The van der Waals surface area contributed by atoms with Crippen LogP contribution in [0.25, 0.3) is 0 Å². The molecule has 0 aliphatic carbocycles. The molecule has 0 aliphatic rings. The summed E-state index contributed by atoms with van der Waals surface area (Å²) in [6.07, 6.45) is 5.85. The van der Waals surface area contributed by atoms with Crippen LogP contribution in [-0.4, -0.2) is 11.0 Å². The second-order valence-corrected chi connectivity index (χ2v) is 4.09. The number of hydrogen-bond acceptors (Lipinski definition) is 3. The predicted octanol–water partition coefficient (Wildman–Crippen LogP) is 3.37. The van der Waals surface area contributed by atoms with Gasteiger partial charge in [-0.2, -0.15) is 0 Å². The number of aromatic nitrogens is 1. The third-order valence-electron chi connectivity index (χ3n) is 2.26. The van der Waals surface area contributed by atoms with Crippen LogP contribution in [-0.2, 0) is 6.42 Å². The molecule has 1 unspecified atom stereocenters. The van der Waals surface area contributed by atoms with E-state index < -0.39 is 0 Å². The van der Waals surface area contributed by atoms with Gasteiger partial charge in [-0.25, -0.2) is 0 Å². The van der Waals surface area contributed by atoms with Gasteiger partial charge in [0.15, 0.2) is 0 Å². The highest BCUT2D eigenvalue weighted by Crippen LogP contribution is 2.20. The topological polar surface area (TPSA) is 38.1 Å². The average molecular weight is 237 g/mol. The minimum atomic E-state index is 0.256. The Morgan fingerprint density at radius 3 is 3.06 bits per heavy atom. The first-order valence-corrected chi connectivity index (χ1v) is 5.52. The zero-order chi connectivity index (χ0) is 11.4. The van der Waals surface area contributed by atoms with Gasteiger partial charge in [-0.05, 0) is 25.1 Å². The van der Waals surface area contributed by atoms with E-state index in [0.29, 0.717) is 5.02 Å². The fourth-order valence-corrected chi connectivity index (χ4v) is 1.71. The lowest BCUT2D eigenvalue weighted by Crippen LogP contribution is -2.17. The molecule has 0 spiro atoms. The third kappa shape index (κ3) is 2.76. The highest BCUT2D eigenvalue weighted by atomic mass is 35.5. The molecule has 2 aromatic heterocycles. The maximum Gasteiger partial charge on any atom is 0.105 e. The first-order chi connectivity index (χ1) is 7.75. The van der Waals surface area contributed by atoms with Gasteiger partial charge in [-0.15, -0.1) is 0 Å². The van der Waals surface area contributed by atoms with Crippen molar-refractivity contribution in [1.82, 2.24) is 4.98 Å².